The molecule has 0 aromatic carbocycles. The van der Waals surface area contributed by atoms with Crippen molar-refractivity contribution in [2.45, 2.75) is 39.3 Å². The summed E-state index contributed by atoms with van der Waals surface area (Å²) >= 11 is 0. The maximum Gasteiger partial charge on any atom is 0.244 e. The number of rotatable bonds is 7. The highest BCUT2D eigenvalue weighted by atomic mass is 16.2. The number of hydrogen-bond acceptors (Lipinski definition) is 7. The zero-order valence-corrected chi connectivity index (χ0v) is 17.5. The molecule has 2 aliphatic rings. The first-order valence-electron chi connectivity index (χ1n) is 10.2. The molecule has 2 atom stereocenters. The first-order valence-corrected chi connectivity index (χ1v) is 10.2. The topological polar surface area (TPSA) is 109 Å². The van der Waals surface area contributed by atoms with Gasteiger partial charge in [-0.25, -0.2) is 4.99 Å². The first-order chi connectivity index (χ1) is 14.6. The van der Waals surface area contributed by atoms with Crippen molar-refractivity contribution in [1.29, 1.82) is 0 Å². The highest BCUT2D eigenvalue weighted by molar-refractivity contribution is 6.00. The average molecular weight is 408 g/mol. The summed E-state index contributed by atoms with van der Waals surface area (Å²) in [4.78, 5) is 32.0. The highest BCUT2D eigenvalue weighted by Gasteiger charge is 2.23. The fraction of sp³-hybridized carbons (Fsp3) is 0.409. The van der Waals surface area contributed by atoms with E-state index in [2.05, 4.69) is 32.2 Å². The molecular formula is C22H29N7O. The molecule has 30 heavy (non-hydrogen) atoms. The minimum atomic E-state index is -0.114. The van der Waals surface area contributed by atoms with Crippen LogP contribution in [0.4, 0.5) is 0 Å². The van der Waals surface area contributed by atoms with Crippen LogP contribution in [0.25, 0.3) is 5.57 Å². The van der Waals surface area contributed by atoms with Crippen molar-refractivity contribution in [2.24, 2.45) is 21.6 Å². The van der Waals surface area contributed by atoms with Gasteiger partial charge in [-0.05, 0) is 43.7 Å². The lowest BCUT2D eigenvalue weighted by Gasteiger charge is -2.31. The molecular weight excluding hydrogens is 378 g/mol. The van der Waals surface area contributed by atoms with E-state index in [-0.39, 0.29) is 18.6 Å². The summed E-state index contributed by atoms with van der Waals surface area (Å²) in [5.74, 6) is 0.853. The van der Waals surface area contributed by atoms with Crippen LogP contribution in [0, 0.1) is 5.92 Å². The second-order valence-corrected chi connectivity index (χ2v) is 7.38. The summed E-state index contributed by atoms with van der Waals surface area (Å²) in [7, 11) is 0. The molecule has 158 valence electrons. The van der Waals surface area contributed by atoms with Crippen LogP contribution in [0.2, 0.25) is 0 Å². The Kier molecular flexibility index (Phi) is 7.62. The molecule has 0 bridgehead atoms. The number of carbonyl (C=O) groups is 1. The van der Waals surface area contributed by atoms with Crippen molar-refractivity contribution in [3.8, 4) is 0 Å². The van der Waals surface area contributed by atoms with Crippen LogP contribution < -0.4 is 11.1 Å². The normalized spacial score (nSPS) is 19.7. The molecule has 0 saturated carbocycles. The van der Waals surface area contributed by atoms with Gasteiger partial charge in [-0.1, -0.05) is 18.6 Å². The lowest BCUT2D eigenvalue weighted by atomic mass is 9.95. The molecule has 3 N–H and O–H groups in total. The van der Waals surface area contributed by atoms with E-state index in [1.165, 1.54) is 5.57 Å². The van der Waals surface area contributed by atoms with Crippen LogP contribution in [0.1, 0.15) is 38.8 Å². The summed E-state index contributed by atoms with van der Waals surface area (Å²) in [5, 5.41) is 2.93. The second kappa shape index (κ2) is 10.6. The molecule has 3 heterocycles. The second-order valence-electron chi connectivity index (χ2n) is 7.38. The predicted octanol–water partition coefficient (Wildman–Crippen LogP) is 2.28. The quantitative estimate of drug-likeness (QED) is 0.721. The number of dihydropyridines is 1. The highest BCUT2D eigenvalue weighted by Crippen LogP contribution is 2.23. The predicted molar refractivity (Wildman–Crippen MR) is 120 cm³/mol. The van der Waals surface area contributed by atoms with Crippen molar-refractivity contribution in [3.05, 3.63) is 54.4 Å². The standard InChI is InChI=1S/C22H29N7O/c1-3-10-29(21-11-17(6-7-26-21)16(2)12-23)15-22(30)28-20-5-4-18(13-27-20)19-14-24-8-9-25-19/h3,6-10,13-14,16,21H,4-5,11-12,15,23H2,1-2H3,(H,27,28,30)/b10-3-. The van der Waals surface area contributed by atoms with Crippen molar-refractivity contribution >= 4 is 23.5 Å². The monoisotopic (exact) mass is 407 g/mol. The fourth-order valence-electron chi connectivity index (χ4n) is 3.40. The lowest BCUT2D eigenvalue weighted by Crippen LogP contribution is -2.42. The van der Waals surface area contributed by atoms with Crippen molar-refractivity contribution in [2.75, 3.05) is 13.1 Å². The number of nitrogens with zero attached hydrogens (tertiary/aromatic N) is 5. The van der Waals surface area contributed by atoms with Crippen molar-refractivity contribution in [3.63, 3.8) is 0 Å². The van der Waals surface area contributed by atoms with Crippen LogP contribution in [-0.4, -0.2) is 52.1 Å². The third kappa shape index (κ3) is 5.70. The molecule has 1 aromatic heterocycles. The Labute approximate surface area is 177 Å². The Morgan fingerprint density at radius 2 is 2.27 bits per heavy atom. The average Bonchev–Trinajstić information content (AvgIpc) is 2.79. The Hall–Kier alpha value is -3.13. The SMILES string of the molecule is C/C=C\N(CC(=O)NC1=NC=C(c2cnccn2)CC1)C1CC(C(C)CN)=CC=N1. The molecule has 1 amide bonds. The number of amides is 1. The number of amidine groups is 1. The van der Waals surface area contributed by atoms with Crippen LogP contribution in [-0.2, 0) is 4.79 Å². The molecule has 2 unspecified atom stereocenters. The van der Waals surface area contributed by atoms with Crippen molar-refractivity contribution < 1.29 is 4.79 Å². The van der Waals surface area contributed by atoms with Crippen LogP contribution in [0.5, 0.6) is 0 Å². The van der Waals surface area contributed by atoms with E-state index in [4.69, 9.17) is 5.73 Å². The smallest absolute Gasteiger partial charge is 0.244 e. The largest absolute Gasteiger partial charge is 0.347 e. The third-order valence-electron chi connectivity index (χ3n) is 5.18. The Morgan fingerprint density at radius 3 is 2.93 bits per heavy atom. The number of nitrogens with two attached hydrogens (primary N) is 1. The van der Waals surface area contributed by atoms with E-state index in [0.29, 0.717) is 24.7 Å². The van der Waals surface area contributed by atoms with Gasteiger partial charge in [0.1, 0.15) is 12.0 Å². The number of carbonyl (C=O) groups excluding carboxylic acids is 1. The molecule has 8 nitrogen and oxygen atoms in total. The van der Waals surface area contributed by atoms with E-state index in [1.54, 1.807) is 24.8 Å². The number of allylic oxidation sites excluding steroid dienone is 3. The van der Waals surface area contributed by atoms with Gasteiger partial charge in [-0.3, -0.25) is 19.8 Å². The van der Waals surface area contributed by atoms with Crippen molar-refractivity contribution in [1.82, 2.24) is 20.2 Å². The maximum atomic E-state index is 12.7. The van der Waals surface area contributed by atoms with Gasteiger partial charge in [0.15, 0.2) is 0 Å². The number of nitrogens with one attached hydrogen (secondary N) is 1. The van der Waals surface area contributed by atoms with E-state index in [9.17, 15) is 4.79 Å². The minimum Gasteiger partial charge on any atom is -0.347 e. The van der Waals surface area contributed by atoms with Crippen LogP contribution >= 0.6 is 0 Å². The molecule has 0 aliphatic carbocycles. The summed E-state index contributed by atoms with van der Waals surface area (Å²) in [6.07, 6.45) is 16.5. The molecule has 0 radical (unpaired) electrons. The van der Waals surface area contributed by atoms with Crippen LogP contribution in [0.15, 0.2) is 58.7 Å². The lowest BCUT2D eigenvalue weighted by molar-refractivity contribution is -0.120. The van der Waals surface area contributed by atoms with E-state index in [1.807, 2.05) is 36.4 Å². The van der Waals surface area contributed by atoms with Gasteiger partial charge < -0.3 is 16.0 Å². The number of aliphatic imine (C=N–C) groups is 2. The Balaban J connectivity index is 1.60. The van der Waals surface area contributed by atoms with Gasteiger partial charge in [-0.15, -0.1) is 0 Å². The van der Waals surface area contributed by atoms with Gasteiger partial charge >= 0.3 is 0 Å². The van der Waals surface area contributed by atoms with Gasteiger partial charge in [0.05, 0.1) is 18.4 Å². The van der Waals surface area contributed by atoms with Gasteiger partial charge in [0, 0.05) is 37.6 Å². The number of hydrogen-bond donors (Lipinski definition) is 2. The Morgan fingerprint density at radius 1 is 1.40 bits per heavy atom. The van der Waals surface area contributed by atoms with E-state index >= 15 is 0 Å². The van der Waals surface area contributed by atoms with Gasteiger partial charge in [0.25, 0.3) is 0 Å². The molecule has 0 saturated heterocycles. The summed E-state index contributed by atoms with van der Waals surface area (Å²) < 4.78 is 0. The molecule has 2 aliphatic heterocycles. The molecule has 1 aromatic rings. The van der Waals surface area contributed by atoms with E-state index < -0.39 is 0 Å². The summed E-state index contributed by atoms with van der Waals surface area (Å²) in [5.41, 5.74) is 8.90. The summed E-state index contributed by atoms with van der Waals surface area (Å²) in [6.45, 7) is 4.84. The fourth-order valence-corrected chi connectivity index (χ4v) is 3.40. The number of aromatic nitrogens is 2. The molecule has 0 fully saturated rings. The van der Waals surface area contributed by atoms with Gasteiger partial charge in [0.2, 0.25) is 5.91 Å². The zero-order chi connectivity index (χ0) is 21.3. The maximum absolute atomic E-state index is 12.7. The van der Waals surface area contributed by atoms with Crippen LogP contribution in [0.3, 0.4) is 0 Å². The first kappa shape index (κ1) is 21.6. The molecule has 0 spiro atoms. The Bertz CT molecular complexity index is 886. The van der Waals surface area contributed by atoms with Gasteiger partial charge in [-0.2, -0.15) is 0 Å². The minimum absolute atomic E-state index is 0.110. The third-order valence-corrected chi connectivity index (χ3v) is 5.18. The zero-order valence-electron chi connectivity index (χ0n) is 17.5. The molecule has 8 heteroatoms. The molecule has 3 rings (SSSR count). The van der Waals surface area contributed by atoms with E-state index in [0.717, 1.165) is 24.1 Å². The summed E-state index contributed by atoms with van der Waals surface area (Å²) in [6, 6.07) is 0.